The van der Waals surface area contributed by atoms with E-state index in [0.717, 1.165) is 18.7 Å². The van der Waals surface area contributed by atoms with Crippen LogP contribution < -0.4 is 4.74 Å². The van der Waals surface area contributed by atoms with Crippen molar-refractivity contribution < 1.29 is 28.6 Å². The zero-order valence-electron chi connectivity index (χ0n) is 19.8. The fourth-order valence-corrected chi connectivity index (χ4v) is 4.56. The molecule has 8 heteroatoms. The van der Waals surface area contributed by atoms with Crippen LogP contribution in [0, 0.1) is 0 Å². The first-order valence-corrected chi connectivity index (χ1v) is 12.0. The molecule has 36 heavy (non-hydrogen) atoms. The summed E-state index contributed by atoms with van der Waals surface area (Å²) in [5.74, 6) is -0.861. The molecule has 2 aliphatic heterocycles. The van der Waals surface area contributed by atoms with Crippen LogP contribution in [0.1, 0.15) is 27.7 Å². The molecule has 1 amide bonds. The van der Waals surface area contributed by atoms with Crippen molar-refractivity contribution in [3.8, 4) is 5.75 Å². The number of rotatable bonds is 9. The van der Waals surface area contributed by atoms with Crippen LogP contribution in [0.3, 0.4) is 0 Å². The van der Waals surface area contributed by atoms with Gasteiger partial charge in [0, 0.05) is 26.2 Å². The van der Waals surface area contributed by atoms with Crippen LogP contribution in [-0.4, -0.2) is 66.0 Å². The number of amides is 1. The molecule has 1 aromatic heterocycles. The molecule has 0 unspecified atom stereocenters. The second-order valence-electron chi connectivity index (χ2n) is 8.77. The molecular weight excluding hydrogens is 460 g/mol. The van der Waals surface area contributed by atoms with Crippen molar-refractivity contribution in [2.45, 2.75) is 12.6 Å². The Hall–Kier alpha value is -3.88. The Morgan fingerprint density at radius 2 is 1.72 bits per heavy atom. The monoisotopic (exact) mass is 488 g/mol. The van der Waals surface area contributed by atoms with Gasteiger partial charge in [0.25, 0.3) is 5.91 Å². The molecule has 2 aromatic carbocycles. The van der Waals surface area contributed by atoms with Crippen LogP contribution in [0.5, 0.6) is 5.75 Å². The van der Waals surface area contributed by atoms with Crippen LogP contribution in [0.4, 0.5) is 0 Å². The van der Waals surface area contributed by atoms with Gasteiger partial charge in [-0.2, -0.15) is 0 Å². The zero-order chi connectivity index (χ0) is 24.9. The van der Waals surface area contributed by atoms with E-state index in [4.69, 9.17) is 13.9 Å². The van der Waals surface area contributed by atoms with E-state index in [1.807, 2.05) is 54.6 Å². The van der Waals surface area contributed by atoms with Gasteiger partial charge in [0.15, 0.2) is 11.5 Å². The standard InChI is InChI=1S/C28H28N2O6/c31-26(23-7-4-16-35-23)24-25(30(28(33)27(24)32)13-12-29-14-17-34-18-15-29)21-8-10-22(11-9-21)36-19-20-5-2-1-3-6-20/h1-11,16,25,32H,12-15,17-19H2/t25-/m1/s1. The smallest absolute Gasteiger partial charge is 0.290 e. The highest BCUT2D eigenvalue weighted by Gasteiger charge is 2.44. The molecule has 1 saturated heterocycles. The number of hydrogen-bond acceptors (Lipinski definition) is 7. The number of aliphatic hydroxyl groups is 1. The van der Waals surface area contributed by atoms with Gasteiger partial charge in [-0.05, 0) is 35.4 Å². The molecule has 0 aliphatic carbocycles. The van der Waals surface area contributed by atoms with E-state index in [1.165, 1.54) is 12.3 Å². The van der Waals surface area contributed by atoms with Crippen LogP contribution >= 0.6 is 0 Å². The molecule has 0 saturated carbocycles. The number of ether oxygens (including phenoxy) is 2. The number of carbonyl (C=O) groups excluding carboxylic acids is 2. The quantitative estimate of drug-likeness (QED) is 0.459. The van der Waals surface area contributed by atoms with Crippen molar-refractivity contribution in [3.63, 3.8) is 0 Å². The predicted octanol–water partition coefficient (Wildman–Crippen LogP) is 3.77. The van der Waals surface area contributed by atoms with E-state index in [1.54, 1.807) is 11.0 Å². The Kier molecular flexibility index (Phi) is 7.16. The molecule has 0 bridgehead atoms. The van der Waals surface area contributed by atoms with Crippen LogP contribution in [-0.2, 0) is 16.1 Å². The van der Waals surface area contributed by atoms with Crippen molar-refractivity contribution >= 4 is 11.7 Å². The van der Waals surface area contributed by atoms with Crippen molar-refractivity contribution in [2.24, 2.45) is 0 Å². The first-order chi connectivity index (χ1) is 17.6. The fraction of sp³-hybridized carbons (Fsp3) is 0.286. The molecule has 3 heterocycles. The topological polar surface area (TPSA) is 92.5 Å². The van der Waals surface area contributed by atoms with Gasteiger partial charge in [0.05, 0.1) is 31.1 Å². The summed E-state index contributed by atoms with van der Waals surface area (Å²) in [6.07, 6.45) is 1.39. The SMILES string of the molecule is O=C(C1=C(O)C(=O)N(CCN2CCOCC2)[C@@H]1c1ccc(OCc2ccccc2)cc1)c1ccco1. The molecule has 1 fully saturated rings. The molecule has 8 nitrogen and oxygen atoms in total. The first kappa shape index (κ1) is 23.8. The molecule has 0 spiro atoms. The average Bonchev–Trinajstić information content (AvgIpc) is 3.55. The minimum atomic E-state index is -0.737. The van der Waals surface area contributed by atoms with Crippen molar-refractivity contribution in [2.75, 3.05) is 39.4 Å². The number of furan rings is 1. The van der Waals surface area contributed by atoms with Gasteiger partial charge in [-0.15, -0.1) is 0 Å². The molecular formula is C28H28N2O6. The van der Waals surface area contributed by atoms with Gasteiger partial charge < -0.3 is 23.9 Å². The average molecular weight is 489 g/mol. The number of aliphatic hydroxyl groups excluding tert-OH is 1. The number of ketones is 1. The summed E-state index contributed by atoms with van der Waals surface area (Å²) in [5.41, 5.74) is 1.78. The molecule has 0 radical (unpaired) electrons. The Balaban J connectivity index is 1.39. The lowest BCUT2D eigenvalue weighted by Crippen LogP contribution is -2.43. The van der Waals surface area contributed by atoms with E-state index in [9.17, 15) is 14.7 Å². The lowest BCUT2D eigenvalue weighted by Gasteiger charge is -2.31. The van der Waals surface area contributed by atoms with Gasteiger partial charge in [-0.1, -0.05) is 42.5 Å². The number of carbonyl (C=O) groups is 2. The Morgan fingerprint density at radius 1 is 0.972 bits per heavy atom. The van der Waals surface area contributed by atoms with Gasteiger partial charge in [-0.3, -0.25) is 14.5 Å². The fourth-order valence-electron chi connectivity index (χ4n) is 4.56. The van der Waals surface area contributed by atoms with Crippen LogP contribution in [0.25, 0.3) is 0 Å². The Bertz CT molecular complexity index is 1210. The van der Waals surface area contributed by atoms with Gasteiger partial charge in [0.1, 0.15) is 12.4 Å². The number of hydrogen-bond donors (Lipinski definition) is 1. The minimum absolute atomic E-state index is 0.0230. The summed E-state index contributed by atoms with van der Waals surface area (Å²) in [6.45, 7) is 4.24. The third-order valence-electron chi connectivity index (χ3n) is 6.50. The van der Waals surface area contributed by atoms with E-state index in [0.29, 0.717) is 44.2 Å². The van der Waals surface area contributed by atoms with Crippen molar-refractivity contribution in [1.29, 1.82) is 0 Å². The van der Waals surface area contributed by atoms with E-state index < -0.39 is 23.5 Å². The zero-order valence-corrected chi connectivity index (χ0v) is 19.8. The maximum Gasteiger partial charge on any atom is 0.290 e. The number of morpholine rings is 1. The van der Waals surface area contributed by atoms with Crippen molar-refractivity contribution in [1.82, 2.24) is 9.80 Å². The number of benzene rings is 2. The van der Waals surface area contributed by atoms with E-state index in [2.05, 4.69) is 4.90 Å². The minimum Gasteiger partial charge on any atom is -0.503 e. The van der Waals surface area contributed by atoms with Crippen LogP contribution in [0.2, 0.25) is 0 Å². The number of Topliss-reactive ketones (excluding diaryl/α,β-unsaturated/α-hetero) is 1. The number of nitrogens with zero attached hydrogens (tertiary/aromatic N) is 2. The second kappa shape index (κ2) is 10.8. The molecule has 2 aliphatic rings. The summed E-state index contributed by atoms with van der Waals surface area (Å²) in [7, 11) is 0. The maximum atomic E-state index is 13.3. The first-order valence-electron chi connectivity index (χ1n) is 12.0. The second-order valence-corrected chi connectivity index (χ2v) is 8.77. The van der Waals surface area contributed by atoms with Gasteiger partial charge in [0.2, 0.25) is 5.78 Å². The molecule has 3 aromatic rings. The largest absolute Gasteiger partial charge is 0.503 e. The lowest BCUT2D eigenvalue weighted by atomic mass is 9.95. The highest BCUT2D eigenvalue weighted by atomic mass is 16.5. The molecule has 5 rings (SSSR count). The summed E-state index contributed by atoms with van der Waals surface area (Å²) in [5, 5.41) is 10.8. The predicted molar refractivity (Wildman–Crippen MR) is 132 cm³/mol. The lowest BCUT2D eigenvalue weighted by molar-refractivity contribution is -0.129. The summed E-state index contributed by atoms with van der Waals surface area (Å²) in [4.78, 5) is 30.2. The summed E-state index contributed by atoms with van der Waals surface area (Å²) < 4.78 is 16.6. The van der Waals surface area contributed by atoms with E-state index in [-0.39, 0.29) is 11.3 Å². The molecule has 186 valence electrons. The third kappa shape index (κ3) is 5.05. The summed E-state index contributed by atoms with van der Waals surface area (Å²) in [6, 6.07) is 19.5. The normalized spacial score (nSPS) is 18.6. The Labute approximate surface area is 209 Å². The Morgan fingerprint density at radius 3 is 2.42 bits per heavy atom. The maximum absolute atomic E-state index is 13.3. The van der Waals surface area contributed by atoms with Gasteiger partial charge in [-0.25, -0.2) is 0 Å². The summed E-state index contributed by atoms with van der Waals surface area (Å²) >= 11 is 0. The molecule has 1 atom stereocenters. The van der Waals surface area contributed by atoms with Crippen molar-refractivity contribution in [3.05, 3.63) is 101 Å². The molecule has 1 N–H and O–H groups in total. The highest BCUT2D eigenvalue weighted by Crippen LogP contribution is 2.39. The highest BCUT2D eigenvalue weighted by molar-refractivity contribution is 6.15. The van der Waals surface area contributed by atoms with E-state index >= 15 is 0 Å². The van der Waals surface area contributed by atoms with Gasteiger partial charge >= 0.3 is 0 Å². The van der Waals surface area contributed by atoms with Crippen LogP contribution in [0.15, 0.2) is 88.7 Å². The third-order valence-corrected chi connectivity index (χ3v) is 6.50.